The standard InChI is InChI=1S/C19H19F3N4O/c1-10-6-5-7-11(2)17(10)24-15(27)9-26-18-16(13(4)25-26)14(19(20,21)22)8-12(3)23-18/h5-8H,9H2,1-4H3,(H,24,27). The van der Waals surface area contributed by atoms with Crippen LogP contribution in [0.3, 0.4) is 0 Å². The number of anilines is 1. The monoisotopic (exact) mass is 376 g/mol. The number of alkyl halides is 3. The van der Waals surface area contributed by atoms with Crippen LogP contribution in [0.2, 0.25) is 0 Å². The highest BCUT2D eigenvalue weighted by Gasteiger charge is 2.35. The summed E-state index contributed by atoms with van der Waals surface area (Å²) in [5.41, 5.74) is 2.16. The largest absolute Gasteiger partial charge is 0.417 e. The number of amides is 1. The number of hydrogen-bond donors (Lipinski definition) is 1. The van der Waals surface area contributed by atoms with Crippen molar-refractivity contribution in [3.8, 4) is 0 Å². The topological polar surface area (TPSA) is 59.8 Å². The zero-order chi connectivity index (χ0) is 19.9. The molecule has 2 aromatic heterocycles. The van der Waals surface area contributed by atoms with E-state index in [2.05, 4.69) is 15.4 Å². The number of carbonyl (C=O) groups is 1. The summed E-state index contributed by atoms with van der Waals surface area (Å²) in [5.74, 6) is -0.381. The van der Waals surface area contributed by atoms with E-state index in [1.165, 1.54) is 18.5 Å². The molecular weight excluding hydrogens is 357 g/mol. The number of carbonyl (C=O) groups excluding carboxylic acids is 1. The first-order valence-electron chi connectivity index (χ1n) is 8.36. The van der Waals surface area contributed by atoms with E-state index in [9.17, 15) is 18.0 Å². The van der Waals surface area contributed by atoms with Crippen molar-refractivity contribution in [1.82, 2.24) is 14.8 Å². The maximum atomic E-state index is 13.4. The van der Waals surface area contributed by atoms with E-state index in [1.807, 2.05) is 32.0 Å². The van der Waals surface area contributed by atoms with Gasteiger partial charge < -0.3 is 5.32 Å². The third kappa shape index (κ3) is 3.65. The molecule has 8 heteroatoms. The van der Waals surface area contributed by atoms with Crippen molar-refractivity contribution in [2.24, 2.45) is 0 Å². The Bertz CT molecular complexity index is 1020. The van der Waals surface area contributed by atoms with Crippen molar-refractivity contribution >= 4 is 22.6 Å². The van der Waals surface area contributed by atoms with E-state index in [-0.39, 0.29) is 34.9 Å². The van der Waals surface area contributed by atoms with Gasteiger partial charge in [0.15, 0.2) is 5.65 Å². The second-order valence-electron chi connectivity index (χ2n) is 6.57. The second-order valence-corrected chi connectivity index (χ2v) is 6.57. The molecule has 142 valence electrons. The molecule has 3 rings (SSSR count). The van der Waals surface area contributed by atoms with Crippen molar-refractivity contribution in [3.05, 3.63) is 52.3 Å². The van der Waals surface area contributed by atoms with E-state index in [0.29, 0.717) is 5.69 Å². The number of pyridine rings is 1. The lowest BCUT2D eigenvalue weighted by molar-refractivity contribution is -0.136. The van der Waals surface area contributed by atoms with Gasteiger partial charge in [-0.1, -0.05) is 18.2 Å². The van der Waals surface area contributed by atoms with Crippen molar-refractivity contribution in [2.45, 2.75) is 40.4 Å². The quantitative estimate of drug-likeness (QED) is 0.741. The van der Waals surface area contributed by atoms with Gasteiger partial charge in [-0.05, 0) is 44.9 Å². The number of nitrogens with zero attached hydrogens (tertiary/aromatic N) is 3. The van der Waals surface area contributed by atoms with Gasteiger partial charge in [-0.2, -0.15) is 18.3 Å². The van der Waals surface area contributed by atoms with Crippen LogP contribution in [0.5, 0.6) is 0 Å². The van der Waals surface area contributed by atoms with Crippen LogP contribution in [-0.4, -0.2) is 20.7 Å². The van der Waals surface area contributed by atoms with Crippen LogP contribution in [0.15, 0.2) is 24.3 Å². The molecule has 0 unspecified atom stereocenters. The Labute approximate surface area is 154 Å². The first-order valence-corrected chi connectivity index (χ1v) is 8.36. The lowest BCUT2D eigenvalue weighted by atomic mass is 10.1. The Morgan fingerprint density at radius 1 is 1.15 bits per heavy atom. The molecule has 0 saturated heterocycles. The normalized spacial score (nSPS) is 11.8. The molecule has 1 aromatic carbocycles. The van der Waals surface area contributed by atoms with Crippen LogP contribution in [0.1, 0.15) is 28.1 Å². The van der Waals surface area contributed by atoms with Crippen molar-refractivity contribution < 1.29 is 18.0 Å². The molecule has 0 aliphatic carbocycles. The summed E-state index contributed by atoms with van der Waals surface area (Å²) in [6, 6.07) is 6.63. The van der Waals surface area contributed by atoms with E-state index >= 15 is 0 Å². The number of halogens is 3. The number of aryl methyl sites for hydroxylation is 4. The number of nitrogens with one attached hydrogen (secondary N) is 1. The summed E-state index contributed by atoms with van der Waals surface area (Å²) in [6.07, 6.45) is -4.52. The summed E-state index contributed by atoms with van der Waals surface area (Å²) in [4.78, 5) is 16.7. The molecule has 1 amide bonds. The fourth-order valence-electron chi connectivity index (χ4n) is 3.14. The Hall–Kier alpha value is -2.90. The van der Waals surface area contributed by atoms with Crippen molar-refractivity contribution in [1.29, 1.82) is 0 Å². The second kappa shape index (κ2) is 6.68. The Kier molecular flexibility index (Phi) is 4.67. The molecule has 0 aliphatic rings. The lowest BCUT2D eigenvalue weighted by Crippen LogP contribution is -2.21. The number of fused-ring (bicyclic) bond motifs is 1. The highest BCUT2D eigenvalue weighted by atomic mass is 19.4. The van der Waals surface area contributed by atoms with E-state index < -0.39 is 11.7 Å². The van der Waals surface area contributed by atoms with E-state index in [4.69, 9.17) is 0 Å². The van der Waals surface area contributed by atoms with Crippen LogP contribution in [0, 0.1) is 27.7 Å². The molecule has 0 fully saturated rings. The fourth-order valence-corrected chi connectivity index (χ4v) is 3.14. The summed E-state index contributed by atoms with van der Waals surface area (Å²) < 4.78 is 41.4. The molecule has 2 heterocycles. The molecule has 0 bridgehead atoms. The fraction of sp³-hybridized carbons (Fsp3) is 0.316. The lowest BCUT2D eigenvalue weighted by Gasteiger charge is -2.12. The van der Waals surface area contributed by atoms with Gasteiger partial charge in [-0.3, -0.25) is 4.79 Å². The third-order valence-electron chi connectivity index (χ3n) is 4.35. The molecule has 0 atom stereocenters. The minimum Gasteiger partial charge on any atom is -0.324 e. The van der Waals surface area contributed by atoms with Gasteiger partial charge in [-0.15, -0.1) is 0 Å². The van der Waals surface area contributed by atoms with Crippen LogP contribution in [0.25, 0.3) is 11.0 Å². The number of para-hydroxylation sites is 1. The molecule has 0 aliphatic heterocycles. The average molecular weight is 376 g/mol. The summed E-state index contributed by atoms with van der Waals surface area (Å²) >= 11 is 0. The highest BCUT2D eigenvalue weighted by Crippen LogP contribution is 2.36. The highest BCUT2D eigenvalue weighted by molar-refractivity contribution is 5.93. The predicted molar refractivity (Wildman–Crippen MR) is 96.5 cm³/mol. The van der Waals surface area contributed by atoms with Gasteiger partial charge >= 0.3 is 6.18 Å². The molecule has 0 spiro atoms. The molecule has 5 nitrogen and oxygen atoms in total. The first-order chi connectivity index (χ1) is 12.6. The van der Waals surface area contributed by atoms with Crippen LogP contribution in [0.4, 0.5) is 18.9 Å². The smallest absolute Gasteiger partial charge is 0.324 e. The third-order valence-corrected chi connectivity index (χ3v) is 4.35. The number of rotatable bonds is 3. The predicted octanol–water partition coefficient (Wildman–Crippen LogP) is 4.32. The van der Waals surface area contributed by atoms with Crippen molar-refractivity contribution in [2.75, 3.05) is 5.32 Å². The summed E-state index contributed by atoms with van der Waals surface area (Å²) in [6.45, 7) is 6.48. The van der Waals surface area contributed by atoms with Crippen LogP contribution < -0.4 is 5.32 Å². The van der Waals surface area contributed by atoms with Crippen LogP contribution in [-0.2, 0) is 17.5 Å². The van der Waals surface area contributed by atoms with Crippen molar-refractivity contribution in [3.63, 3.8) is 0 Å². The van der Waals surface area contributed by atoms with Crippen LogP contribution >= 0.6 is 0 Å². The molecular formula is C19H19F3N4O. The summed E-state index contributed by atoms with van der Waals surface area (Å²) in [7, 11) is 0. The maximum absolute atomic E-state index is 13.4. The number of aromatic nitrogens is 3. The zero-order valence-electron chi connectivity index (χ0n) is 15.4. The minimum atomic E-state index is -4.52. The molecule has 0 saturated carbocycles. The van der Waals surface area contributed by atoms with E-state index in [1.54, 1.807) is 0 Å². The van der Waals surface area contributed by atoms with Gasteiger partial charge in [-0.25, -0.2) is 9.67 Å². The maximum Gasteiger partial charge on any atom is 0.417 e. The summed E-state index contributed by atoms with van der Waals surface area (Å²) in [5, 5.41) is 6.86. The zero-order valence-corrected chi connectivity index (χ0v) is 15.4. The Balaban J connectivity index is 1.99. The average Bonchev–Trinajstić information content (AvgIpc) is 2.85. The van der Waals surface area contributed by atoms with Gasteiger partial charge in [0.25, 0.3) is 0 Å². The van der Waals surface area contributed by atoms with Gasteiger partial charge in [0.2, 0.25) is 5.91 Å². The first kappa shape index (κ1) is 18.9. The van der Waals surface area contributed by atoms with Gasteiger partial charge in [0.05, 0.1) is 16.6 Å². The Morgan fingerprint density at radius 2 is 1.78 bits per heavy atom. The molecule has 27 heavy (non-hydrogen) atoms. The minimum absolute atomic E-state index is 0.0523. The Morgan fingerprint density at radius 3 is 2.37 bits per heavy atom. The van der Waals surface area contributed by atoms with Gasteiger partial charge in [0.1, 0.15) is 6.54 Å². The number of hydrogen-bond acceptors (Lipinski definition) is 3. The SMILES string of the molecule is Cc1cc(C(F)(F)F)c2c(C)nn(CC(=O)Nc3c(C)cccc3C)c2n1. The molecule has 3 aromatic rings. The van der Waals surface area contributed by atoms with E-state index in [0.717, 1.165) is 17.2 Å². The number of benzene rings is 1. The molecule has 0 radical (unpaired) electrons. The van der Waals surface area contributed by atoms with Gasteiger partial charge in [0, 0.05) is 11.4 Å². The molecule has 1 N–H and O–H groups in total.